The highest BCUT2D eigenvalue weighted by Gasteiger charge is 2.30. The third kappa shape index (κ3) is 5.97. The molecule has 35 heavy (non-hydrogen) atoms. The van der Waals surface area contributed by atoms with Gasteiger partial charge in [0.25, 0.3) is 0 Å². The molecule has 0 N–H and O–H groups in total. The second kappa shape index (κ2) is 11.6. The maximum absolute atomic E-state index is 13.4. The van der Waals surface area contributed by atoms with Gasteiger partial charge in [0.2, 0.25) is 5.75 Å². The fourth-order valence-corrected chi connectivity index (χ4v) is 4.63. The molecule has 1 aliphatic carbocycles. The Hall–Kier alpha value is -3.03. The Labute approximate surface area is 213 Å². The van der Waals surface area contributed by atoms with E-state index < -0.39 is 17.6 Å². The molecule has 1 aromatic heterocycles. The zero-order valence-corrected chi connectivity index (χ0v) is 20.8. The van der Waals surface area contributed by atoms with Crippen molar-refractivity contribution >= 4 is 29.2 Å². The van der Waals surface area contributed by atoms with Crippen LogP contribution in [0.15, 0.2) is 59.5 Å². The van der Waals surface area contributed by atoms with Crippen LogP contribution in [-0.4, -0.2) is 29.5 Å². The molecule has 1 heterocycles. The molecule has 184 valence electrons. The highest BCUT2D eigenvalue weighted by atomic mass is 35.5. The molecule has 1 aliphatic rings. The Kier molecular flexibility index (Phi) is 8.31. The first-order chi connectivity index (χ1) is 17.0. The summed E-state index contributed by atoms with van der Waals surface area (Å²) >= 11 is 12.7. The number of ether oxygens (including phenoxy) is 3. The molecule has 1 saturated carbocycles. The number of carbonyl (C=O) groups excluding carboxylic acids is 1. The number of benzene rings is 2. The second-order valence-electron chi connectivity index (χ2n) is 8.38. The lowest BCUT2D eigenvalue weighted by atomic mass is 10.0. The van der Waals surface area contributed by atoms with Crippen LogP contribution in [-0.2, 0) is 9.53 Å². The third-order valence-electron chi connectivity index (χ3n) is 6.11. The molecule has 1 fully saturated rings. The predicted octanol–water partition coefficient (Wildman–Crippen LogP) is 6.06. The summed E-state index contributed by atoms with van der Waals surface area (Å²) in [5.74, 6) is 0.777. The van der Waals surface area contributed by atoms with Crippen molar-refractivity contribution in [2.24, 2.45) is 5.92 Å². The van der Waals surface area contributed by atoms with Gasteiger partial charge in [-0.2, -0.15) is 5.10 Å². The molecule has 0 spiro atoms. The van der Waals surface area contributed by atoms with Crippen molar-refractivity contribution < 1.29 is 19.0 Å². The van der Waals surface area contributed by atoms with Crippen molar-refractivity contribution in [1.82, 2.24) is 9.78 Å². The van der Waals surface area contributed by atoms with Crippen LogP contribution in [0.1, 0.15) is 43.7 Å². The molecule has 0 saturated heterocycles. The number of rotatable bonds is 9. The van der Waals surface area contributed by atoms with E-state index in [-0.39, 0.29) is 17.4 Å². The first-order valence-corrected chi connectivity index (χ1v) is 12.2. The molecule has 0 aliphatic heterocycles. The molecule has 0 radical (unpaired) electrons. The summed E-state index contributed by atoms with van der Waals surface area (Å²) in [5, 5.41) is 4.47. The maximum atomic E-state index is 13.4. The van der Waals surface area contributed by atoms with Gasteiger partial charge in [0.05, 0.1) is 19.9 Å². The molecule has 4 rings (SSSR count). The Morgan fingerprint density at radius 2 is 1.74 bits per heavy atom. The van der Waals surface area contributed by atoms with Crippen LogP contribution < -0.4 is 15.0 Å². The highest BCUT2D eigenvalue weighted by molar-refractivity contribution is 6.32. The fraction of sp³-hybridized carbons (Fsp3) is 0.346. The summed E-state index contributed by atoms with van der Waals surface area (Å²) in [7, 11) is 1.55. The van der Waals surface area contributed by atoms with Gasteiger partial charge in [0.15, 0.2) is 6.04 Å². The number of carbonyl (C=O) groups is 1. The predicted molar refractivity (Wildman–Crippen MR) is 134 cm³/mol. The lowest BCUT2D eigenvalue weighted by Crippen LogP contribution is -2.34. The average Bonchev–Trinajstić information content (AvgIpc) is 3.38. The van der Waals surface area contributed by atoms with Crippen LogP contribution in [0.25, 0.3) is 0 Å². The van der Waals surface area contributed by atoms with Crippen LogP contribution in [0.2, 0.25) is 10.0 Å². The highest BCUT2D eigenvalue weighted by Crippen LogP contribution is 2.31. The van der Waals surface area contributed by atoms with E-state index in [2.05, 4.69) is 5.10 Å². The summed E-state index contributed by atoms with van der Waals surface area (Å²) in [4.78, 5) is 26.7. The van der Waals surface area contributed by atoms with E-state index in [1.54, 1.807) is 55.6 Å². The smallest absolute Gasteiger partial charge is 0.335 e. The quantitative estimate of drug-likeness (QED) is 0.321. The van der Waals surface area contributed by atoms with E-state index in [0.29, 0.717) is 28.0 Å². The summed E-state index contributed by atoms with van der Waals surface area (Å²) in [5.41, 5.74) is -0.293. The van der Waals surface area contributed by atoms with Crippen molar-refractivity contribution in [1.29, 1.82) is 0 Å². The van der Waals surface area contributed by atoms with Gasteiger partial charge in [-0.1, -0.05) is 67.1 Å². The first-order valence-electron chi connectivity index (χ1n) is 11.5. The van der Waals surface area contributed by atoms with Gasteiger partial charge in [0, 0.05) is 10.6 Å². The Morgan fingerprint density at radius 1 is 1.06 bits per heavy atom. The van der Waals surface area contributed by atoms with Crippen LogP contribution in [0.4, 0.5) is 0 Å². The van der Waals surface area contributed by atoms with Crippen molar-refractivity contribution in [3.8, 4) is 17.2 Å². The zero-order chi connectivity index (χ0) is 24.8. The number of methoxy groups -OCH3 is 1. The van der Waals surface area contributed by atoms with Crippen LogP contribution in [0.3, 0.4) is 0 Å². The van der Waals surface area contributed by atoms with Gasteiger partial charge in [-0.25, -0.2) is 9.48 Å². The van der Waals surface area contributed by atoms with Gasteiger partial charge in [-0.15, -0.1) is 0 Å². The summed E-state index contributed by atoms with van der Waals surface area (Å²) in [6, 6.07) is 12.2. The molecule has 3 aromatic rings. The average molecular weight is 517 g/mol. The van der Waals surface area contributed by atoms with Gasteiger partial charge >= 0.3 is 11.5 Å². The maximum Gasteiger partial charge on any atom is 0.335 e. The number of hydrogen-bond donors (Lipinski definition) is 0. The van der Waals surface area contributed by atoms with E-state index in [4.69, 9.17) is 37.4 Å². The van der Waals surface area contributed by atoms with E-state index in [1.165, 1.54) is 19.0 Å². The zero-order valence-electron chi connectivity index (χ0n) is 19.3. The minimum Gasteiger partial charge on any atom is -0.497 e. The fourth-order valence-electron chi connectivity index (χ4n) is 4.23. The SMILES string of the molecule is COc1ccc(Oc2c(Cl)cnn(C(C(=O)OCCC3CCCC3)c3ccccc3Cl)c2=O)cc1. The van der Waals surface area contributed by atoms with Crippen LogP contribution in [0.5, 0.6) is 17.2 Å². The van der Waals surface area contributed by atoms with Gasteiger partial charge in [-0.05, 0) is 42.7 Å². The molecular formula is C26H26Cl2N2O5. The molecule has 1 atom stereocenters. The molecule has 2 aromatic carbocycles. The van der Waals surface area contributed by atoms with E-state index >= 15 is 0 Å². The molecule has 0 bridgehead atoms. The minimum atomic E-state index is -1.20. The first kappa shape index (κ1) is 25.1. The number of esters is 1. The van der Waals surface area contributed by atoms with Crippen molar-refractivity contribution in [2.45, 2.75) is 38.1 Å². The molecule has 7 nitrogen and oxygen atoms in total. The van der Waals surface area contributed by atoms with Crippen molar-refractivity contribution in [3.63, 3.8) is 0 Å². The third-order valence-corrected chi connectivity index (χ3v) is 6.72. The van der Waals surface area contributed by atoms with Gasteiger partial charge < -0.3 is 14.2 Å². The van der Waals surface area contributed by atoms with E-state index in [1.807, 2.05) is 0 Å². The molecule has 1 unspecified atom stereocenters. The van der Waals surface area contributed by atoms with E-state index in [0.717, 1.165) is 23.9 Å². The normalized spacial score (nSPS) is 14.5. The lowest BCUT2D eigenvalue weighted by Gasteiger charge is -2.20. The number of aromatic nitrogens is 2. The Bertz CT molecular complexity index is 1220. The Morgan fingerprint density at radius 3 is 2.43 bits per heavy atom. The van der Waals surface area contributed by atoms with E-state index in [9.17, 15) is 9.59 Å². The van der Waals surface area contributed by atoms with Gasteiger partial charge in [0.1, 0.15) is 16.5 Å². The number of hydrogen-bond acceptors (Lipinski definition) is 6. The Balaban J connectivity index is 1.65. The molecular weight excluding hydrogens is 491 g/mol. The largest absolute Gasteiger partial charge is 0.497 e. The molecule has 9 heteroatoms. The van der Waals surface area contributed by atoms with Gasteiger partial charge in [-0.3, -0.25) is 4.79 Å². The standard InChI is InChI=1S/C26H26Cl2N2O5/c1-33-18-10-12-19(13-11-18)35-24-22(28)16-29-30(25(24)31)23(20-8-4-5-9-21(20)27)26(32)34-15-14-17-6-2-3-7-17/h4-5,8-13,16-17,23H,2-3,6-7,14-15H2,1H3. The van der Waals surface area contributed by atoms with Crippen molar-refractivity contribution in [3.05, 3.63) is 80.7 Å². The van der Waals surface area contributed by atoms with Crippen LogP contribution >= 0.6 is 23.2 Å². The second-order valence-corrected chi connectivity index (χ2v) is 9.19. The number of nitrogens with zero attached hydrogens (tertiary/aromatic N) is 2. The molecule has 0 amide bonds. The monoisotopic (exact) mass is 516 g/mol. The lowest BCUT2D eigenvalue weighted by molar-refractivity contribution is -0.147. The minimum absolute atomic E-state index is 0.00887. The summed E-state index contributed by atoms with van der Waals surface area (Å²) in [6.45, 7) is 0.266. The summed E-state index contributed by atoms with van der Waals surface area (Å²) < 4.78 is 17.5. The topological polar surface area (TPSA) is 79.7 Å². The van der Waals surface area contributed by atoms with Crippen LogP contribution in [0, 0.1) is 5.92 Å². The van der Waals surface area contributed by atoms with Crippen molar-refractivity contribution in [2.75, 3.05) is 13.7 Å². The summed E-state index contributed by atoms with van der Waals surface area (Å²) in [6.07, 6.45) is 6.77. The number of halogens is 2.